The number of hydrogen-bond acceptors (Lipinski definition) is 3. The molecule has 16 heavy (non-hydrogen) atoms. The van der Waals surface area contributed by atoms with Crippen LogP contribution in [0.4, 0.5) is 0 Å². The number of ether oxygens (including phenoxy) is 1. The lowest BCUT2D eigenvalue weighted by Gasteiger charge is -2.19. The molecule has 0 bridgehead atoms. The van der Waals surface area contributed by atoms with Crippen LogP contribution in [0.5, 0.6) is 0 Å². The molecule has 0 fully saturated rings. The van der Waals surface area contributed by atoms with Gasteiger partial charge in [-0.2, -0.15) is 0 Å². The van der Waals surface area contributed by atoms with Crippen LogP contribution in [0.1, 0.15) is 41.0 Å². The van der Waals surface area contributed by atoms with Gasteiger partial charge in [-0.25, -0.2) is 0 Å². The van der Waals surface area contributed by atoms with Crippen LogP contribution in [0, 0.1) is 11.3 Å². The molecule has 0 amide bonds. The standard InChI is InChI=1S/C13H29NO2/c1-11(2)8-14-9-12(15)10-16-7-6-13(3,4)5/h11-12,14-15H,6-10H2,1-5H3. The number of hydrogen-bond donors (Lipinski definition) is 2. The van der Waals surface area contributed by atoms with Gasteiger partial charge in [-0.05, 0) is 24.3 Å². The Balaban J connectivity index is 3.34. The molecule has 1 unspecified atom stereocenters. The molecule has 0 spiro atoms. The Morgan fingerprint density at radius 1 is 1.19 bits per heavy atom. The van der Waals surface area contributed by atoms with Crippen molar-refractivity contribution in [3.63, 3.8) is 0 Å². The van der Waals surface area contributed by atoms with Crippen LogP contribution in [0.2, 0.25) is 0 Å². The Hall–Kier alpha value is -0.120. The van der Waals surface area contributed by atoms with Crippen molar-refractivity contribution in [3.05, 3.63) is 0 Å². The van der Waals surface area contributed by atoms with Gasteiger partial charge in [-0.15, -0.1) is 0 Å². The van der Waals surface area contributed by atoms with E-state index in [0.717, 1.165) is 19.6 Å². The Morgan fingerprint density at radius 2 is 1.81 bits per heavy atom. The van der Waals surface area contributed by atoms with Crippen molar-refractivity contribution in [2.75, 3.05) is 26.3 Å². The monoisotopic (exact) mass is 231 g/mol. The Morgan fingerprint density at radius 3 is 2.31 bits per heavy atom. The normalized spacial score (nSPS) is 14.4. The highest BCUT2D eigenvalue weighted by Crippen LogP contribution is 2.17. The summed E-state index contributed by atoms with van der Waals surface area (Å²) in [6, 6.07) is 0. The summed E-state index contributed by atoms with van der Waals surface area (Å²) >= 11 is 0. The minimum absolute atomic E-state index is 0.306. The molecule has 0 saturated carbocycles. The largest absolute Gasteiger partial charge is 0.389 e. The molecular formula is C13H29NO2. The summed E-state index contributed by atoms with van der Waals surface area (Å²) in [7, 11) is 0. The van der Waals surface area contributed by atoms with E-state index in [4.69, 9.17) is 4.74 Å². The van der Waals surface area contributed by atoms with Crippen LogP contribution in [-0.4, -0.2) is 37.5 Å². The van der Waals surface area contributed by atoms with Gasteiger partial charge < -0.3 is 15.2 Å². The summed E-state index contributed by atoms with van der Waals surface area (Å²) in [5, 5.41) is 12.8. The van der Waals surface area contributed by atoms with E-state index >= 15 is 0 Å². The van der Waals surface area contributed by atoms with Crippen molar-refractivity contribution >= 4 is 0 Å². The van der Waals surface area contributed by atoms with E-state index in [1.807, 2.05) is 0 Å². The lowest BCUT2D eigenvalue weighted by atomic mass is 9.93. The Kier molecular flexibility index (Phi) is 7.98. The summed E-state index contributed by atoms with van der Waals surface area (Å²) in [5.41, 5.74) is 0.306. The first-order valence-electron chi connectivity index (χ1n) is 6.28. The summed E-state index contributed by atoms with van der Waals surface area (Å²) in [4.78, 5) is 0. The average molecular weight is 231 g/mol. The zero-order valence-electron chi connectivity index (χ0n) is 11.5. The topological polar surface area (TPSA) is 41.5 Å². The molecule has 0 aliphatic rings. The van der Waals surface area contributed by atoms with Crippen molar-refractivity contribution in [3.8, 4) is 0 Å². The molecule has 0 aliphatic heterocycles. The van der Waals surface area contributed by atoms with Gasteiger partial charge in [-0.1, -0.05) is 34.6 Å². The van der Waals surface area contributed by atoms with Gasteiger partial charge in [0.25, 0.3) is 0 Å². The molecule has 98 valence electrons. The third-order valence-corrected chi connectivity index (χ3v) is 2.24. The minimum atomic E-state index is -0.390. The van der Waals surface area contributed by atoms with Gasteiger partial charge in [0, 0.05) is 13.2 Å². The average Bonchev–Trinajstić information content (AvgIpc) is 2.10. The van der Waals surface area contributed by atoms with E-state index in [1.165, 1.54) is 0 Å². The maximum absolute atomic E-state index is 9.60. The Labute approximate surface area is 101 Å². The second-order valence-corrected chi connectivity index (χ2v) is 6.09. The van der Waals surface area contributed by atoms with Crippen molar-refractivity contribution in [2.24, 2.45) is 11.3 Å². The minimum Gasteiger partial charge on any atom is -0.389 e. The van der Waals surface area contributed by atoms with Crippen molar-refractivity contribution in [2.45, 2.75) is 47.1 Å². The quantitative estimate of drug-likeness (QED) is 0.628. The van der Waals surface area contributed by atoms with Crippen LogP contribution in [-0.2, 0) is 4.74 Å². The molecule has 0 aromatic rings. The van der Waals surface area contributed by atoms with Crippen molar-refractivity contribution in [1.82, 2.24) is 5.32 Å². The highest BCUT2D eigenvalue weighted by Gasteiger charge is 2.10. The van der Waals surface area contributed by atoms with Crippen LogP contribution in [0.3, 0.4) is 0 Å². The number of aliphatic hydroxyl groups is 1. The predicted molar refractivity (Wildman–Crippen MR) is 68.6 cm³/mol. The molecule has 0 aromatic carbocycles. The van der Waals surface area contributed by atoms with E-state index < -0.39 is 6.10 Å². The van der Waals surface area contributed by atoms with Crippen LogP contribution < -0.4 is 5.32 Å². The first-order valence-corrected chi connectivity index (χ1v) is 6.28. The second kappa shape index (κ2) is 8.04. The van der Waals surface area contributed by atoms with Gasteiger partial charge in [0.05, 0.1) is 12.7 Å². The molecule has 3 nitrogen and oxygen atoms in total. The first kappa shape index (κ1) is 15.9. The maximum atomic E-state index is 9.60. The van der Waals surface area contributed by atoms with Gasteiger partial charge in [0.1, 0.15) is 0 Å². The highest BCUT2D eigenvalue weighted by molar-refractivity contribution is 4.62. The fraction of sp³-hybridized carbons (Fsp3) is 1.00. The van der Waals surface area contributed by atoms with Gasteiger partial charge in [0.15, 0.2) is 0 Å². The molecular weight excluding hydrogens is 202 g/mol. The van der Waals surface area contributed by atoms with Gasteiger partial charge >= 0.3 is 0 Å². The fourth-order valence-electron chi connectivity index (χ4n) is 1.20. The predicted octanol–water partition coefficient (Wildman–Crippen LogP) is 2.05. The van der Waals surface area contributed by atoms with E-state index in [2.05, 4.69) is 39.9 Å². The summed E-state index contributed by atoms with van der Waals surface area (Å²) < 4.78 is 5.44. The summed E-state index contributed by atoms with van der Waals surface area (Å²) in [6.07, 6.45) is 0.637. The molecule has 0 aliphatic carbocycles. The Bertz CT molecular complexity index is 164. The molecule has 3 heteroatoms. The summed E-state index contributed by atoms with van der Waals surface area (Å²) in [6.45, 7) is 13.6. The van der Waals surface area contributed by atoms with E-state index in [-0.39, 0.29) is 0 Å². The van der Waals surface area contributed by atoms with E-state index in [1.54, 1.807) is 0 Å². The van der Waals surface area contributed by atoms with Gasteiger partial charge in [0.2, 0.25) is 0 Å². The number of rotatable bonds is 8. The zero-order chi connectivity index (χ0) is 12.6. The third kappa shape index (κ3) is 12.0. The molecule has 1 atom stereocenters. The number of nitrogens with one attached hydrogen (secondary N) is 1. The fourth-order valence-corrected chi connectivity index (χ4v) is 1.20. The molecule has 2 N–H and O–H groups in total. The summed E-state index contributed by atoms with van der Waals surface area (Å²) in [5.74, 6) is 0.619. The molecule has 0 saturated heterocycles. The van der Waals surface area contributed by atoms with Crippen molar-refractivity contribution < 1.29 is 9.84 Å². The molecule has 0 aromatic heterocycles. The second-order valence-electron chi connectivity index (χ2n) is 6.09. The molecule has 0 radical (unpaired) electrons. The van der Waals surface area contributed by atoms with Crippen LogP contribution in [0.25, 0.3) is 0 Å². The zero-order valence-corrected chi connectivity index (χ0v) is 11.5. The van der Waals surface area contributed by atoms with E-state index in [0.29, 0.717) is 24.5 Å². The maximum Gasteiger partial charge on any atom is 0.0897 e. The number of aliphatic hydroxyl groups excluding tert-OH is 1. The van der Waals surface area contributed by atoms with Crippen LogP contribution >= 0.6 is 0 Å². The third-order valence-electron chi connectivity index (χ3n) is 2.24. The van der Waals surface area contributed by atoms with E-state index in [9.17, 15) is 5.11 Å². The highest BCUT2D eigenvalue weighted by atomic mass is 16.5. The smallest absolute Gasteiger partial charge is 0.0897 e. The lowest BCUT2D eigenvalue weighted by Crippen LogP contribution is -2.32. The first-order chi connectivity index (χ1) is 7.31. The lowest BCUT2D eigenvalue weighted by molar-refractivity contribution is 0.0272. The van der Waals surface area contributed by atoms with Gasteiger partial charge in [-0.3, -0.25) is 0 Å². The molecule has 0 rings (SSSR count). The molecule has 0 heterocycles. The SMILES string of the molecule is CC(C)CNCC(O)COCCC(C)(C)C. The van der Waals surface area contributed by atoms with Crippen molar-refractivity contribution in [1.29, 1.82) is 0 Å². The van der Waals surface area contributed by atoms with Crippen LogP contribution in [0.15, 0.2) is 0 Å².